The second-order valence-corrected chi connectivity index (χ2v) is 4.35. The summed E-state index contributed by atoms with van der Waals surface area (Å²) in [6, 6.07) is 0. The first-order valence-corrected chi connectivity index (χ1v) is 6.27. The summed E-state index contributed by atoms with van der Waals surface area (Å²) in [7, 11) is 0. The fourth-order valence-electron chi connectivity index (χ4n) is 2.04. The molecule has 2 nitrogen and oxygen atoms in total. The molecule has 86 valence electrons. The molecule has 1 aliphatic rings. The van der Waals surface area contributed by atoms with E-state index in [1.54, 1.807) is 0 Å². The van der Waals surface area contributed by atoms with Gasteiger partial charge in [-0.15, -0.1) is 0 Å². The Bertz CT molecular complexity index is 221. The summed E-state index contributed by atoms with van der Waals surface area (Å²) < 4.78 is 0. The van der Waals surface area contributed by atoms with Crippen molar-refractivity contribution in [2.75, 3.05) is 6.54 Å². The highest BCUT2D eigenvalue weighted by atomic mass is 16.1. The number of ketones is 1. The van der Waals surface area contributed by atoms with Gasteiger partial charge >= 0.3 is 0 Å². The van der Waals surface area contributed by atoms with E-state index in [-0.39, 0.29) is 0 Å². The molecule has 0 bridgehead atoms. The molecule has 1 rings (SSSR count). The minimum absolute atomic E-state index is 0.383. The molecule has 0 aromatic carbocycles. The van der Waals surface area contributed by atoms with Crippen molar-refractivity contribution in [2.24, 2.45) is 5.73 Å². The summed E-state index contributed by atoms with van der Waals surface area (Å²) in [6.07, 6.45) is 11.9. The summed E-state index contributed by atoms with van der Waals surface area (Å²) in [4.78, 5) is 11.8. The predicted molar refractivity (Wildman–Crippen MR) is 63.7 cm³/mol. The van der Waals surface area contributed by atoms with Gasteiger partial charge in [0.2, 0.25) is 0 Å². The highest BCUT2D eigenvalue weighted by Gasteiger charge is 2.10. The van der Waals surface area contributed by atoms with E-state index in [9.17, 15) is 4.79 Å². The molecule has 2 N–H and O–H groups in total. The van der Waals surface area contributed by atoms with Crippen molar-refractivity contribution in [3.8, 4) is 0 Å². The van der Waals surface area contributed by atoms with Gasteiger partial charge < -0.3 is 5.73 Å². The smallest absolute Gasteiger partial charge is 0.158 e. The van der Waals surface area contributed by atoms with Crippen LogP contribution in [0.3, 0.4) is 0 Å². The molecule has 2 heteroatoms. The number of Topliss-reactive ketones (excluding diaryl/α,β-unsaturated/α-hetero) is 1. The van der Waals surface area contributed by atoms with Crippen molar-refractivity contribution < 1.29 is 4.79 Å². The Morgan fingerprint density at radius 3 is 2.87 bits per heavy atom. The number of hydrogen-bond donors (Lipinski definition) is 1. The lowest BCUT2D eigenvalue weighted by Gasteiger charge is -2.04. The second kappa shape index (κ2) is 7.63. The number of hydrogen-bond acceptors (Lipinski definition) is 2. The largest absolute Gasteiger partial charge is 0.330 e. The molecular weight excluding hydrogens is 186 g/mol. The van der Waals surface area contributed by atoms with Crippen LogP contribution in [0.1, 0.15) is 57.8 Å². The van der Waals surface area contributed by atoms with E-state index in [1.165, 1.54) is 19.3 Å². The topological polar surface area (TPSA) is 43.1 Å². The Hall–Kier alpha value is -0.630. The van der Waals surface area contributed by atoms with Crippen LogP contribution >= 0.6 is 0 Å². The Balaban J connectivity index is 2.22. The van der Waals surface area contributed by atoms with E-state index in [4.69, 9.17) is 5.73 Å². The van der Waals surface area contributed by atoms with Crippen LogP contribution in [0.2, 0.25) is 0 Å². The molecule has 0 amide bonds. The average molecular weight is 209 g/mol. The summed E-state index contributed by atoms with van der Waals surface area (Å²) in [5, 5.41) is 0. The molecule has 0 atom stereocenters. The molecule has 0 fully saturated rings. The van der Waals surface area contributed by atoms with Crippen LogP contribution in [0.4, 0.5) is 0 Å². The number of allylic oxidation sites excluding steroid dienone is 2. The molecule has 0 saturated heterocycles. The van der Waals surface area contributed by atoms with Crippen molar-refractivity contribution in [1.29, 1.82) is 0 Å². The molecule has 0 unspecified atom stereocenters. The zero-order chi connectivity index (χ0) is 10.9. The quantitative estimate of drug-likeness (QED) is 0.683. The first kappa shape index (κ1) is 12.4. The molecule has 1 aliphatic carbocycles. The van der Waals surface area contributed by atoms with Gasteiger partial charge in [-0.25, -0.2) is 0 Å². The minimum atomic E-state index is 0.383. The standard InChI is InChI=1S/C13H23NO/c14-11-7-3-6-10-13(15)12-8-4-1-2-5-9-12/h8H,1-7,9-11,14H2. The summed E-state index contributed by atoms with van der Waals surface area (Å²) >= 11 is 0. The van der Waals surface area contributed by atoms with Crippen LogP contribution in [0, 0.1) is 0 Å². The van der Waals surface area contributed by atoms with Crippen LogP contribution in [0.5, 0.6) is 0 Å². The van der Waals surface area contributed by atoms with Crippen LogP contribution in [0.15, 0.2) is 11.6 Å². The maximum atomic E-state index is 11.8. The molecule has 0 aliphatic heterocycles. The van der Waals surface area contributed by atoms with Gasteiger partial charge in [-0.05, 0) is 50.6 Å². The van der Waals surface area contributed by atoms with E-state index in [0.717, 1.165) is 50.6 Å². The van der Waals surface area contributed by atoms with Gasteiger partial charge in [0.05, 0.1) is 0 Å². The number of unbranched alkanes of at least 4 members (excludes halogenated alkanes) is 2. The highest BCUT2D eigenvalue weighted by molar-refractivity contribution is 5.95. The lowest BCUT2D eigenvalue weighted by atomic mass is 10.0. The minimum Gasteiger partial charge on any atom is -0.330 e. The Morgan fingerprint density at radius 1 is 1.20 bits per heavy atom. The van der Waals surface area contributed by atoms with Gasteiger partial charge in [0.1, 0.15) is 0 Å². The number of rotatable bonds is 6. The Kier molecular flexibility index (Phi) is 6.33. The van der Waals surface area contributed by atoms with Crippen molar-refractivity contribution >= 4 is 5.78 Å². The average Bonchev–Trinajstić information content (AvgIpc) is 2.52. The lowest BCUT2D eigenvalue weighted by Crippen LogP contribution is -2.03. The fraction of sp³-hybridized carbons (Fsp3) is 0.769. The first-order valence-electron chi connectivity index (χ1n) is 6.27. The second-order valence-electron chi connectivity index (χ2n) is 4.35. The van der Waals surface area contributed by atoms with E-state index < -0.39 is 0 Å². The number of nitrogens with two attached hydrogens (primary N) is 1. The van der Waals surface area contributed by atoms with Crippen molar-refractivity contribution in [2.45, 2.75) is 57.8 Å². The maximum absolute atomic E-state index is 11.8. The monoisotopic (exact) mass is 209 g/mol. The molecule has 15 heavy (non-hydrogen) atoms. The van der Waals surface area contributed by atoms with Gasteiger partial charge in [-0.1, -0.05) is 18.9 Å². The molecule has 0 radical (unpaired) electrons. The van der Waals surface area contributed by atoms with Crippen LogP contribution in [-0.4, -0.2) is 12.3 Å². The first-order chi connectivity index (χ1) is 7.34. The Labute approximate surface area is 92.9 Å². The maximum Gasteiger partial charge on any atom is 0.158 e. The van der Waals surface area contributed by atoms with Crippen LogP contribution < -0.4 is 5.73 Å². The summed E-state index contributed by atoms with van der Waals surface area (Å²) in [6.45, 7) is 0.747. The predicted octanol–water partition coefficient (Wildman–Crippen LogP) is 2.97. The zero-order valence-electron chi connectivity index (χ0n) is 9.63. The lowest BCUT2D eigenvalue weighted by molar-refractivity contribution is -0.115. The van der Waals surface area contributed by atoms with Crippen LogP contribution in [0.25, 0.3) is 0 Å². The number of carbonyl (C=O) groups is 1. The van der Waals surface area contributed by atoms with Gasteiger partial charge in [-0.2, -0.15) is 0 Å². The van der Waals surface area contributed by atoms with Crippen molar-refractivity contribution in [3.05, 3.63) is 11.6 Å². The number of carbonyl (C=O) groups excluding carboxylic acids is 1. The Morgan fingerprint density at radius 2 is 2.07 bits per heavy atom. The molecule has 0 aromatic heterocycles. The highest BCUT2D eigenvalue weighted by Crippen LogP contribution is 2.19. The fourth-order valence-corrected chi connectivity index (χ4v) is 2.04. The third-order valence-electron chi connectivity index (χ3n) is 3.01. The molecular formula is C13H23NO. The van der Waals surface area contributed by atoms with Crippen LogP contribution in [-0.2, 0) is 4.79 Å². The summed E-state index contributed by atoms with van der Waals surface area (Å²) in [5.74, 6) is 0.383. The van der Waals surface area contributed by atoms with Gasteiger partial charge in [0.15, 0.2) is 5.78 Å². The van der Waals surface area contributed by atoms with Gasteiger partial charge in [0, 0.05) is 6.42 Å². The van der Waals surface area contributed by atoms with Gasteiger partial charge in [-0.3, -0.25) is 4.79 Å². The van der Waals surface area contributed by atoms with E-state index >= 15 is 0 Å². The normalized spacial score (nSPS) is 17.0. The van der Waals surface area contributed by atoms with E-state index in [2.05, 4.69) is 6.08 Å². The van der Waals surface area contributed by atoms with Crippen molar-refractivity contribution in [3.63, 3.8) is 0 Å². The molecule has 0 heterocycles. The molecule has 0 saturated carbocycles. The molecule has 0 aromatic rings. The van der Waals surface area contributed by atoms with Crippen molar-refractivity contribution in [1.82, 2.24) is 0 Å². The van der Waals surface area contributed by atoms with E-state index in [1.807, 2.05) is 0 Å². The third-order valence-corrected chi connectivity index (χ3v) is 3.01. The van der Waals surface area contributed by atoms with E-state index in [0.29, 0.717) is 5.78 Å². The van der Waals surface area contributed by atoms with Gasteiger partial charge in [0.25, 0.3) is 0 Å². The molecule has 0 spiro atoms. The SMILES string of the molecule is NCCCCCC(=O)C1=CCCCCC1. The zero-order valence-corrected chi connectivity index (χ0v) is 9.63. The summed E-state index contributed by atoms with van der Waals surface area (Å²) in [5.41, 5.74) is 6.51. The third kappa shape index (κ3) is 5.12.